The number of nitrogens with zero attached hydrogens (tertiary/aromatic N) is 2. The van der Waals surface area contributed by atoms with Gasteiger partial charge in [-0.3, -0.25) is 23.5 Å². The first kappa shape index (κ1) is 20.7. The monoisotopic (exact) mass is 437 g/mol. The second-order valence-electron chi connectivity index (χ2n) is 7.21. The predicted octanol–water partition coefficient (Wildman–Crippen LogP) is 3.34. The van der Waals surface area contributed by atoms with Crippen molar-refractivity contribution in [2.75, 3.05) is 0 Å². The number of halogens is 1. The van der Waals surface area contributed by atoms with Crippen molar-refractivity contribution in [1.82, 2.24) is 14.5 Å². The molecule has 4 rings (SSSR count). The highest BCUT2D eigenvalue weighted by atomic mass is 35.5. The zero-order chi connectivity index (χ0) is 22.0. The molecular weight excluding hydrogens is 418 g/mol. The molecule has 0 radical (unpaired) electrons. The van der Waals surface area contributed by atoms with E-state index in [0.717, 1.165) is 10.1 Å². The number of hydrogen-bond donors (Lipinski definition) is 1. The number of rotatable bonds is 6. The van der Waals surface area contributed by atoms with Crippen molar-refractivity contribution in [3.8, 4) is 0 Å². The lowest BCUT2D eigenvalue weighted by Gasteiger charge is -2.17. The molecule has 2 aromatic heterocycles. The van der Waals surface area contributed by atoms with Crippen LogP contribution < -0.4 is 16.4 Å². The number of nitrogens with one attached hydrogen (secondary N) is 1. The van der Waals surface area contributed by atoms with Gasteiger partial charge in [-0.15, -0.1) is 0 Å². The Labute approximate surface area is 182 Å². The summed E-state index contributed by atoms with van der Waals surface area (Å²) >= 11 is 6.17. The van der Waals surface area contributed by atoms with E-state index in [1.54, 1.807) is 37.3 Å². The fourth-order valence-corrected chi connectivity index (χ4v) is 3.68. The van der Waals surface area contributed by atoms with Crippen LogP contribution in [0.5, 0.6) is 0 Å². The Kier molecular flexibility index (Phi) is 5.77. The zero-order valence-corrected chi connectivity index (χ0v) is 17.5. The number of fused-ring (bicyclic) bond motifs is 1. The first-order valence-corrected chi connectivity index (χ1v) is 10.1. The summed E-state index contributed by atoms with van der Waals surface area (Å²) in [6, 6.07) is 17.4. The molecule has 31 heavy (non-hydrogen) atoms. The first-order valence-electron chi connectivity index (χ1n) is 9.73. The van der Waals surface area contributed by atoms with Crippen molar-refractivity contribution in [3.63, 3.8) is 0 Å². The van der Waals surface area contributed by atoms with Gasteiger partial charge in [-0.05, 0) is 42.8 Å². The van der Waals surface area contributed by atoms with Crippen LogP contribution in [0.2, 0.25) is 5.02 Å². The van der Waals surface area contributed by atoms with E-state index < -0.39 is 17.0 Å². The molecule has 7 nitrogen and oxygen atoms in total. The number of carbonyl (C=O) groups is 1. The van der Waals surface area contributed by atoms with Gasteiger partial charge in [0.1, 0.15) is 12.3 Å². The third-order valence-electron chi connectivity index (χ3n) is 5.02. The van der Waals surface area contributed by atoms with E-state index in [1.165, 1.54) is 10.8 Å². The molecular formula is C23H20ClN3O4. The predicted molar refractivity (Wildman–Crippen MR) is 118 cm³/mol. The van der Waals surface area contributed by atoms with Crippen LogP contribution in [0.15, 0.2) is 80.9 Å². The maximum absolute atomic E-state index is 12.9. The fraction of sp³-hybridized carbons (Fsp3) is 0.174. The first-order chi connectivity index (χ1) is 14.9. The maximum atomic E-state index is 12.9. The van der Waals surface area contributed by atoms with Gasteiger partial charge in [-0.1, -0.05) is 41.9 Å². The molecule has 0 aliphatic heterocycles. The Balaban J connectivity index is 1.74. The number of benzene rings is 2. The maximum Gasteiger partial charge on any atom is 0.317 e. The normalized spacial score (nSPS) is 12.1. The van der Waals surface area contributed by atoms with Crippen molar-refractivity contribution in [1.29, 1.82) is 0 Å². The van der Waals surface area contributed by atoms with Crippen LogP contribution in [0.25, 0.3) is 11.0 Å². The quantitative estimate of drug-likeness (QED) is 0.469. The van der Waals surface area contributed by atoms with Crippen LogP contribution in [0.4, 0.5) is 0 Å². The minimum atomic E-state index is -0.786. The van der Waals surface area contributed by atoms with E-state index in [1.807, 2.05) is 30.3 Å². The summed E-state index contributed by atoms with van der Waals surface area (Å²) in [5, 5.41) is 3.18. The molecule has 0 saturated carbocycles. The van der Waals surface area contributed by atoms with Crippen LogP contribution in [-0.4, -0.2) is 15.0 Å². The Morgan fingerprint density at radius 1 is 1.00 bits per heavy atom. The molecule has 1 amide bonds. The van der Waals surface area contributed by atoms with Crippen LogP contribution >= 0.6 is 11.6 Å². The van der Waals surface area contributed by atoms with E-state index in [9.17, 15) is 14.4 Å². The highest BCUT2D eigenvalue weighted by Gasteiger charge is 2.18. The molecule has 0 aliphatic carbocycles. The molecule has 0 saturated heterocycles. The second-order valence-corrected chi connectivity index (χ2v) is 7.64. The molecule has 4 aromatic rings. The van der Waals surface area contributed by atoms with Gasteiger partial charge in [-0.2, -0.15) is 0 Å². The number of amides is 1. The van der Waals surface area contributed by atoms with Gasteiger partial charge < -0.3 is 9.73 Å². The molecule has 0 aliphatic rings. The van der Waals surface area contributed by atoms with E-state index in [4.69, 9.17) is 16.0 Å². The van der Waals surface area contributed by atoms with Crippen molar-refractivity contribution in [2.45, 2.75) is 26.1 Å². The highest BCUT2D eigenvalue weighted by molar-refractivity contribution is 6.31. The third kappa shape index (κ3) is 4.32. The Morgan fingerprint density at radius 3 is 2.45 bits per heavy atom. The molecule has 0 unspecified atom stereocenters. The lowest BCUT2D eigenvalue weighted by Crippen LogP contribution is -2.44. The van der Waals surface area contributed by atoms with Crippen molar-refractivity contribution in [3.05, 3.63) is 104 Å². The lowest BCUT2D eigenvalue weighted by molar-refractivity contribution is -0.122. The number of aromatic nitrogens is 2. The summed E-state index contributed by atoms with van der Waals surface area (Å²) in [4.78, 5) is 38.5. The third-order valence-corrected chi connectivity index (χ3v) is 5.26. The topological polar surface area (TPSA) is 86.2 Å². The second kappa shape index (κ2) is 8.65. The number of hydrogen-bond acceptors (Lipinski definition) is 4. The smallest absolute Gasteiger partial charge is 0.317 e. The van der Waals surface area contributed by atoms with Gasteiger partial charge in [0.25, 0.3) is 0 Å². The molecule has 2 aromatic carbocycles. The standard InChI is InChI=1S/C23H20ClN3O4/c1-15(20-8-5-11-31-20)25-21(28)14-27-19-12-17(24)9-10-18(19)26(22(29)23(27)30)13-16-6-3-2-4-7-16/h2-12,15H,13-14H2,1H3,(H,25,28)/t15-/m1/s1. The SMILES string of the molecule is C[C@@H](NC(=O)Cn1c(=O)c(=O)n(Cc2ccccc2)c2ccc(Cl)cc21)c1ccco1. The summed E-state index contributed by atoms with van der Waals surface area (Å²) in [7, 11) is 0. The average molecular weight is 438 g/mol. The molecule has 1 atom stereocenters. The minimum Gasteiger partial charge on any atom is -0.467 e. The molecule has 158 valence electrons. The van der Waals surface area contributed by atoms with Gasteiger partial charge in [0.05, 0.1) is 29.9 Å². The molecule has 1 N–H and O–H groups in total. The molecule has 0 spiro atoms. The van der Waals surface area contributed by atoms with Gasteiger partial charge in [0, 0.05) is 5.02 Å². The molecule has 0 bridgehead atoms. The number of carbonyl (C=O) groups excluding carboxylic acids is 1. The van der Waals surface area contributed by atoms with E-state index >= 15 is 0 Å². The highest BCUT2D eigenvalue weighted by Crippen LogP contribution is 2.19. The molecule has 2 heterocycles. The van der Waals surface area contributed by atoms with Crippen LogP contribution in [0.1, 0.15) is 24.3 Å². The van der Waals surface area contributed by atoms with E-state index in [2.05, 4.69) is 5.32 Å². The molecule has 8 heteroatoms. The Morgan fingerprint density at radius 2 is 1.74 bits per heavy atom. The summed E-state index contributed by atoms with van der Waals surface area (Å²) in [5.41, 5.74) is 0.318. The van der Waals surface area contributed by atoms with Crippen LogP contribution in [0.3, 0.4) is 0 Å². The zero-order valence-electron chi connectivity index (χ0n) is 16.7. The van der Waals surface area contributed by atoms with Crippen molar-refractivity contribution < 1.29 is 9.21 Å². The van der Waals surface area contributed by atoms with Crippen LogP contribution in [-0.2, 0) is 17.9 Å². The average Bonchev–Trinajstić information content (AvgIpc) is 3.30. The van der Waals surface area contributed by atoms with E-state index in [0.29, 0.717) is 21.8 Å². The largest absolute Gasteiger partial charge is 0.467 e. The van der Waals surface area contributed by atoms with Gasteiger partial charge in [-0.25, -0.2) is 0 Å². The van der Waals surface area contributed by atoms with Gasteiger partial charge >= 0.3 is 11.1 Å². The minimum absolute atomic E-state index is 0.232. The van der Waals surface area contributed by atoms with Gasteiger partial charge in [0.2, 0.25) is 5.91 Å². The van der Waals surface area contributed by atoms with Crippen molar-refractivity contribution >= 4 is 28.5 Å². The fourth-order valence-electron chi connectivity index (χ4n) is 3.51. The van der Waals surface area contributed by atoms with Gasteiger partial charge in [0.15, 0.2) is 0 Å². The van der Waals surface area contributed by atoms with E-state index in [-0.39, 0.29) is 19.1 Å². The lowest BCUT2D eigenvalue weighted by atomic mass is 10.2. The summed E-state index contributed by atoms with van der Waals surface area (Å²) in [6.07, 6.45) is 1.52. The summed E-state index contributed by atoms with van der Waals surface area (Å²) in [5.74, 6) is 0.166. The summed E-state index contributed by atoms with van der Waals surface area (Å²) in [6.45, 7) is 1.68. The summed E-state index contributed by atoms with van der Waals surface area (Å²) < 4.78 is 7.86. The Hall–Kier alpha value is -3.58. The van der Waals surface area contributed by atoms with Crippen molar-refractivity contribution in [2.24, 2.45) is 0 Å². The van der Waals surface area contributed by atoms with Crippen LogP contribution in [0, 0.1) is 0 Å². The Bertz CT molecular complexity index is 1340. The molecule has 0 fully saturated rings. The number of furan rings is 1.